The van der Waals surface area contributed by atoms with E-state index in [0.29, 0.717) is 11.1 Å². The molecule has 0 aliphatic carbocycles. The summed E-state index contributed by atoms with van der Waals surface area (Å²) in [5.41, 5.74) is 6.82. The molecule has 1 amide bonds. The Hall–Kier alpha value is -2.95. The average molecular weight is 381 g/mol. The molecule has 5 nitrogen and oxygen atoms in total. The van der Waals surface area contributed by atoms with Gasteiger partial charge in [-0.3, -0.25) is 14.4 Å². The molecule has 2 rings (SSSR count). The van der Waals surface area contributed by atoms with E-state index in [-0.39, 0.29) is 24.8 Å². The number of esters is 1. The van der Waals surface area contributed by atoms with Gasteiger partial charge in [0.1, 0.15) is 13.2 Å². The van der Waals surface area contributed by atoms with Crippen LogP contribution in [0.3, 0.4) is 0 Å². The quantitative estimate of drug-likeness (QED) is 0.608. The summed E-state index contributed by atoms with van der Waals surface area (Å²) in [7, 11) is 0. The third kappa shape index (κ3) is 4.85. The number of rotatable bonds is 6. The lowest BCUT2D eigenvalue weighted by molar-refractivity contribution is -0.143. The number of hydrogen-bond acceptors (Lipinski definition) is 4. The summed E-state index contributed by atoms with van der Waals surface area (Å²) in [5.74, 6) is -0.856. The van der Waals surface area contributed by atoms with Crippen LogP contribution < -0.4 is 5.32 Å². The van der Waals surface area contributed by atoms with Crippen molar-refractivity contribution in [2.24, 2.45) is 0 Å². The van der Waals surface area contributed by atoms with Crippen molar-refractivity contribution in [3.8, 4) is 0 Å². The molecule has 0 fully saturated rings. The Kier molecular flexibility index (Phi) is 6.73. The summed E-state index contributed by atoms with van der Waals surface area (Å²) in [6.45, 7) is 11.0. The van der Waals surface area contributed by atoms with Crippen molar-refractivity contribution in [2.75, 3.05) is 6.54 Å². The summed E-state index contributed by atoms with van der Waals surface area (Å²) in [6.07, 6.45) is 0. The molecule has 0 radical (unpaired) electrons. The van der Waals surface area contributed by atoms with Crippen LogP contribution in [0.15, 0.2) is 24.3 Å². The number of ether oxygens (including phenoxy) is 1. The van der Waals surface area contributed by atoms with Crippen LogP contribution in [0.2, 0.25) is 0 Å². The summed E-state index contributed by atoms with van der Waals surface area (Å²) in [5, 5.41) is 2.58. The van der Waals surface area contributed by atoms with Crippen LogP contribution in [0.25, 0.3) is 0 Å². The number of aryl methyl sites for hydroxylation is 4. The molecule has 28 heavy (non-hydrogen) atoms. The summed E-state index contributed by atoms with van der Waals surface area (Å²) >= 11 is 0. The highest BCUT2D eigenvalue weighted by atomic mass is 16.5. The van der Waals surface area contributed by atoms with Crippen LogP contribution in [0, 0.1) is 34.6 Å². The molecule has 5 heteroatoms. The van der Waals surface area contributed by atoms with Gasteiger partial charge in [-0.2, -0.15) is 0 Å². The third-order valence-electron chi connectivity index (χ3n) is 5.02. The van der Waals surface area contributed by atoms with E-state index in [4.69, 9.17) is 4.74 Å². The number of benzene rings is 2. The maximum absolute atomic E-state index is 12.2. The van der Waals surface area contributed by atoms with Crippen molar-refractivity contribution in [3.05, 3.63) is 68.8 Å². The van der Waals surface area contributed by atoms with Crippen molar-refractivity contribution in [2.45, 2.75) is 48.1 Å². The molecule has 0 unspecified atom stereocenters. The SMILES string of the molecule is CC(=O)c1c(C)cc(C)c(COC(=O)CNC(=O)c2ccc(C)c(C)c2)c1C. The van der Waals surface area contributed by atoms with Crippen molar-refractivity contribution >= 4 is 17.7 Å². The normalized spacial score (nSPS) is 10.5. The minimum absolute atomic E-state index is 0.0109. The van der Waals surface area contributed by atoms with E-state index in [0.717, 1.165) is 33.4 Å². The first-order valence-corrected chi connectivity index (χ1v) is 9.23. The van der Waals surface area contributed by atoms with Crippen LogP contribution in [0.1, 0.15) is 61.0 Å². The van der Waals surface area contributed by atoms with Gasteiger partial charge in [-0.05, 0) is 87.1 Å². The molecule has 0 heterocycles. The second kappa shape index (κ2) is 8.83. The van der Waals surface area contributed by atoms with Crippen molar-refractivity contribution in [3.63, 3.8) is 0 Å². The largest absolute Gasteiger partial charge is 0.459 e. The van der Waals surface area contributed by atoms with E-state index in [9.17, 15) is 14.4 Å². The van der Waals surface area contributed by atoms with Gasteiger partial charge in [0.15, 0.2) is 5.78 Å². The Morgan fingerprint density at radius 1 is 0.893 bits per heavy atom. The second-order valence-corrected chi connectivity index (χ2v) is 7.19. The Balaban J connectivity index is 1.99. The predicted molar refractivity (Wildman–Crippen MR) is 109 cm³/mol. The van der Waals surface area contributed by atoms with E-state index < -0.39 is 5.97 Å². The highest BCUT2D eigenvalue weighted by Crippen LogP contribution is 2.23. The number of ketones is 1. The molecule has 1 N–H and O–H groups in total. The van der Waals surface area contributed by atoms with Gasteiger partial charge in [0.25, 0.3) is 5.91 Å². The van der Waals surface area contributed by atoms with Gasteiger partial charge in [-0.15, -0.1) is 0 Å². The molecule has 0 saturated heterocycles. The number of carbonyl (C=O) groups is 3. The summed E-state index contributed by atoms with van der Waals surface area (Å²) < 4.78 is 5.33. The highest BCUT2D eigenvalue weighted by Gasteiger charge is 2.16. The molecule has 148 valence electrons. The maximum Gasteiger partial charge on any atom is 0.325 e. The first kappa shape index (κ1) is 21.4. The fraction of sp³-hybridized carbons (Fsp3) is 0.348. The monoisotopic (exact) mass is 381 g/mol. The lowest BCUT2D eigenvalue weighted by Gasteiger charge is -2.16. The van der Waals surface area contributed by atoms with E-state index >= 15 is 0 Å². The molecule has 2 aromatic carbocycles. The summed E-state index contributed by atoms with van der Waals surface area (Å²) in [4.78, 5) is 36.2. The minimum Gasteiger partial charge on any atom is -0.459 e. The zero-order valence-electron chi connectivity index (χ0n) is 17.4. The molecular weight excluding hydrogens is 354 g/mol. The van der Waals surface area contributed by atoms with Crippen LogP contribution in [0.5, 0.6) is 0 Å². The van der Waals surface area contributed by atoms with Gasteiger partial charge in [0.05, 0.1) is 0 Å². The van der Waals surface area contributed by atoms with Crippen molar-refractivity contribution < 1.29 is 19.1 Å². The molecule has 0 aromatic heterocycles. The van der Waals surface area contributed by atoms with E-state index in [2.05, 4.69) is 5.32 Å². The van der Waals surface area contributed by atoms with E-state index in [1.807, 2.05) is 46.8 Å². The van der Waals surface area contributed by atoms with Crippen LogP contribution in [-0.4, -0.2) is 24.2 Å². The maximum atomic E-state index is 12.2. The molecular formula is C23H27NO4. The van der Waals surface area contributed by atoms with Crippen molar-refractivity contribution in [1.82, 2.24) is 5.32 Å². The molecule has 0 bridgehead atoms. The molecule has 0 atom stereocenters. The van der Waals surface area contributed by atoms with Gasteiger partial charge in [-0.1, -0.05) is 12.1 Å². The average Bonchev–Trinajstić information content (AvgIpc) is 2.61. The van der Waals surface area contributed by atoms with Crippen LogP contribution in [-0.2, 0) is 16.1 Å². The van der Waals surface area contributed by atoms with Gasteiger partial charge in [-0.25, -0.2) is 0 Å². The number of hydrogen-bond donors (Lipinski definition) is 1. The second-order valence-electron chi connectivity index (χ2n) is 7.19. The first-order chi connectivity index (χ1) is 13.1. The van der Waals surface area contributed by atoms with Gasteiger partial charge >= 0.3 is 5.97 Å². The first-order valence-electron chi connectivity index (χ1n) is 9.23. The fourth-order valence-corrected chi connectivity index (χ4v) is 3.33. The Labute approximate surface area is 166 Å². The van der Waals surface area contributed by atoms with Gasteiger partial charge in [0.2, 0.25) is 0 Å². The predicted octanol–water partition coefficient (Wildman–Crippen LogP) is 3.90. The molecule has 0 aliphatic rings. The minimum atomic E-state index is -0.527. The highest BCUT2D eigenvalue weighted by molar-refractivity contribution is 5.97. The zero-order valence-corrected chi connectivity index (χ0v) is 17.4. The smallest absolute Gasteiger partial charge is 0.325 e. The van der Waals surface area contributed by atoms with Crippen LogP contribution in [0.4, 0.5) is 0 Å². The van der Waals surface area contributed by atoms with E-state index in [1.54, 1.807) is 12.1 Å². The van der Waals surface area contributed by atoms with Gasteiger partial charge in [0, 0.05) is 11.1 Å². The van der Waals surface area contributed by atoms with Crippen molar-refractivity contribution in [1.29, 1.82) is 0 Å². The van der Waals surface area contributed by atoms with Crippen LogP contribution >= 0.6 is 0 Å². The number of amides is 1. The Morgan fingerprint density at radius 3 is 2.18 bits per heavy atom. The number of nitrogens with one attached hydrogen (secondary N) is 1. The molecule has 0 spiro atoms. The Morgan fingerprint density at radius 2 is 1.57 bits per heavy atom. The Bertz CT molecular complexity index is 944. The topological polar surface area (TPSA) is 72.5 Å². The molecule has 0 aliphatic heterocycles. The number of Topliss-reactive ketones (excluding diaryl/α,β-unsaturated/α-hetero) is 1. The molecule has 0 saturated carbocycles. The summed E-state index contributed by atoms with van der Waals surface area (Å²) in [6, 6.07) is 7.32. The number of carbonyl (C=O) groups excluding carboxylic acids is 3. The van der Waals surface area contributed by atoms with Gasteiger partial charge < -0.3 is 10.1 Å². The lowest BCUT2D eigenvalue weighted by Crippen LogP contribution is -2.30. The molecule has 2 aromatic rings. The van der Waals surface area contributed by atoms with E-state index in [1.165, 1.54) is 6.92 Å². The standard InChI is InChI=1S/C23H27NO4/c1-13-7-8-19(10-14(13)2)23(27)24-11-21(26)28-12-20-15(3)9-16(4)22(17(20)5)18(6)25/h7-10H,11-12H2,1-6H3,(H,24,27). The lowest BCUT2D eigenvalue weighted by atomic mass is 9.92. The fourth-order valence-electron chi connectivity index (χ4n) is 3.33. The third-order valence-corrected chi connectivity index (χ3v) is 5.02. The zero-order chi connectivity index (χ0) is 21.0.